The van der Waals surface area contributed by atoms with Crippen LogP contribution in [0.3, 0.4) is 0 Å². The summed E-state index contributed by atoms with van der Waals surface area (Å²) in [5, 5.41) is 20.6. The van der Waals surface area contributed by atoms with Gasteiger partial charge in [0.1, 0.15) is 5.75 Å². The number of aliphatic hydroxyl groups excluding tert-OH is 2. The van der Waals surface area contributed by atoms with Gasteiger partial charge in [0.2, 0.25) is 0 Å². The van der Waals surface area contributed by atoms with Crippen molar-refractivity contribution in [2.45, 2.75) is 51.7 Å². The van der Waals surface area contributed by atoms with E-state index in [1.807, 2.05) is 20.8 Å². The molecule has 1 aromatic rings. The van der Waals surface area contributed by atoms with Gasteiger partial charge in [-0.2, -0.15) is 0 Å². The van der Waals surface area contributed by atoms with Gasteiger partial charge in [0.05, 0.1) is 23.8 Å². The van der Waals surface area contributed by atoms with Crippen molar-refractivity contribution in [3.05, 3.63) is 27.7 Å². The third-order valence-corrected chi connectivity index (χ3v) is 3.81. The number of benzene rings is 1. The minimum atomic E-state index is -0.776. The molecule has 114 valence electrons. The molecule has 3 nitrogen and oxygen atoms in total. The van der Waals surface area contributed by atoms with Crippen molar-refractivity contribution in [3.63, 3.8) is 0 Å². The molecule has 0 saturated carbocycles. The Morgan fingerprint density at radius 2 is 1.80 bits per heavy atom. The second-order valence-electron chi connectivity index (χ2n) is 4.92. The third kappa shape index (κ3) is 4.52. The monoisotopic (exact) mass is 320 g/mol. The first kappa shape index (κ1) is 17.6. The Balaban J connectivity index is 2.99. The molecule has 0 heterocycles. The number of ether oxygens (including phenoxy) is 1. The molecule has 3 unspecified atom stereocenters. The summed E-state index contributed by atoms with van der Waals surface area (Å²) in [5.74, 6) is 0.577. The summed E-state index contributed by atoms with van der Waals surface area (Å²) >= 11 is 12.2. The molecule has 20 heavy (non-hydrogen) atoms. The smallest absolute Gasteiger partial charge is 0.141 e. The molecule has 1 aromatic carbocycles. The van der Waals surface area contributed by atoms with Crippen molar-refractivity contribution < 1.29 is 14.9 Å². The number of rotatable bonds is 7. The Labute approximate surface area is 130 Å². The summed E-state index contributed by atoms with van der Waals surface area (Å²) in [4.78, 5) is 0. The molecule has 0 aliphatic heterocycles. The van der Waals surface area contributed by atoms with E-state index >= 15 is 0 Å². The van der Waals surface area contributed by atoms with Crippen LogP contribution in [0.5, 0.6) is 5.75 Å². The van der Waals surface area contributed by atoms with Crippen LogP contribution in [-0.2, 0) is 0 Å². The van der Waals surface area contributed by atoms with Crippen molar-refractivity contribution in [2.24, 2.45) is 0 Å². The van der Waals surface area contributed by atoms with E-state index in [0.29, 0.717) is 35.2 Å². The molecule has 0 aromatic heterocycles. The van der Waals surface area contributed by atoms with Crippen LogP contribution in [0.1, 0.15) is 45.1 Å². The standard InChI is InChI=1S/C15H22Cl2O3/c1-4-13(18)14(19)6-9(3)11-7-10(16)8-12(17)15(11)20-5-2/h7-9,13-14,18-19H,4-6H2,1-3H3. The third-order valence-electron chi connectivity index (χ3n) is 3.31. The van der Waals surface area contributed by atoms with Crippen LogP contribution in [0.2, 0.25) is 10.0 Å². The van der Waals surface area contributed by atoms with E-state index in [4.69, 9.17) is 27.9 Å². The van der Waals surface area contributed by atoms with Crippen molar-refractivity contribution in [1.29, 1.82) is 0 Å². The second-order valence-corrected chi connectivity index (χ2v) is 5.76. The summed E-state index contributed by atoms with van der Waals surface area (Å²) in [6.07, 6.45) is -0.557. The zero-order chi connectivity index (χ0) is 15.3. The molecule has 0 amide bonds. The lowest BCUT2D eigenvalue weighted by molar-refractivity contribution is 0.00942. The van der Waals surface area contributed by atoms with Crippen LogP contribution in [0.25, 0.3) is 0 Å². The van der Waals surface area contributed by atoms with Gasteiger partial charge in [-0.1, -0.05) is 37.0 Å². The average Bonchev–Trinajstić information content (AvgIpc) is 2.40. The molecule has 0 aliphatic rings. The zero-order valence-corrected chi connectivity index (χ0v) is 13.6. The van der Waals surface area contributed by atoms with Gasteiger partial charge >= 0.3 is 0 Å². The lowest BCUT2D eigenvalue weighted by Crippen LogP contribution is -2.26. The predicted octanol–water partition coefficient (Wildman–Crippen LogP) is 4.02. The van der Waals surface area contributed by atoms with Crippen molar-refractivity contribution >= 4 is 23.2 Å². The van der Waals surface area contributed by atoms with Crippen LogP contribution in [0.4, 0.5) is 0 Å². The fraction of sp³-hybridized carbons (Fsp3) is 0.600. The fourth-order valence-electron chi connectivity index (χ4n) is 2.16. The molecule has 0 radical (unpaired) electrons. The molecule has 0 bridgehead atoms. The maximum atomic E-state index is 9.95. The second kappa shape index (κ2) is 8.08. The van der Waals surface area contributed by atoms with E-state index in [0.717, 1.165) is 5.56 Å². The fourth-order valence-corrected chi connectivity index (χ4v) is 2.73. The average molecular weight is 321 g/mol. The van der Waals surface area contributed by atoms with Crippen molar-refractivity contribution in [2.75, 3.05) is 6.61 Å². The molecule has 0 aliphatic carbocycles. The number of hydrogen-bond donors (Lipinski definition) is 2. The minimum absolute atomic E-state index is 0.0241. The van der Waals surface area contributed by atoms with E-state index in [1.165, 1.54) is 0 Å². The van der Waals surface area contributed by atoms with E-state index in [9.17, 15) is 10.2 Å². The molecule has 0 spiro atoms. The highest BCUT2D eigenvalue weighted by Gasteiger charge is 2.22. The van der Waals surface area contributed by atoms with Crippen LogP contribution in [0, 0.1) is 0 Å². The summed E-state index contributed by atoms with van der Waals surface area (Å²) < 4.78 is 5.58. The summed E-state index contributed by atoms with van der Waals surface area (Å²) in [7, 11) is 0. The molecular weight excluding hydrogens is 299 g/mol. The number of aliphatic hydroxyl groups is 2. The Morgan fingerprint density at radius 1 is 1.15 bits per heavy atom. The SMILES string of the molecule is CCOc1c(Cl)cc(Cl)cc1C(C)CC(O)C(O)CC. The lowest BCUT2D eigenvalue weighted by Gasteiger charge is -2.23. The van der Waals surface area contributed by atoms with Gasteiger partial charge in [0.25, 0.3) is 0 Å². The largest absolute Gasteiger partial charge is 0.492 e. The highest BCUT2D eigenvalue weighted by molar-refractivity contribution is 6.35. The topological polar surface area (TPSA) is 49.7 Å². The highest BCUT2D eigenvalue weighted by atomic mass is 35.5. The lowest BCUT2D eigenvalue weighted by atomic mass is 9.92. The predicted molar refractivity (Wildman–Crippen MR) is 83.0 cm³/mol. The summed E-state index contributed by atoms with van der Waals surface area (Å²) in [5.41, 5.74) is 0.853. The Hall–Kier alpha value is -0.480. The zero-order valence-electron chi connectivity index (χ0n) is 12.1. The van der Waals surface area contributed by atoms with Gasteiger partial charge in [0, 0.05) is 10.6 Å². The van der Waals surface area contributed by atoms with Gasteiger partial charge < -0.3 is 14.9 Å². The molecule has 5 heteroatoms. The van der Waals surface area contributed by atoms with Crippen LogP contribution >= 0.6 is 23.2 Å². The van der Waals surface area contributed by atoms with Crippen LogP contribution in [0.15, 0.2) is 12.1 Å². The summed E-state index contributed by atoms with van der Waals surface area (Å²) in [6, 6.07) is 3.44. The Bertz CT molecular complexity index is 437. The first-order chi connectivity index (χ1) is 9.40. The Morgan fingerprint density at radius 3 is 2.35 bits per heavy atom. The first-order valence-electron chi connectivity index (χ1n) is 6.88. The molecule has 0 saturated heterocycles. The maximum Gasteiger partial charge on any atom is 0.141 e. The van der Waals surface area contributed by atoms with E-state index in [1.54, 1.807) is 12.1 Å². The van der Waals surface area contributed by atoms with Crippen LogP contribution < -0.4 is 4.74 Å². The van der Waals surface area contributed by atoms with Gasteiger partial charge in [-0.3, -0.25) is 0 Å². The van der Waals surface area contributed by atoms with E-state index in [-0.39, 0.29) is 5.92 Å². The molecule has 0 fully saturated rings. The Kier molecular flexibility index (Phi) is 7.10. The number of hydrogen-bond acceptors (Lipinski definition) is 3. The van der Waals surface area contributed by atoms with E-state index in [2.05, 4.69) is 0 Å². The normalized spacial score (nSPS) is 15.8. The molecular formula is C15H22Cl2O3. The minimum Gasteiger partial charge on any atom is -0.492 e. The molecule has 3 atom stereocenters. The van der Waals surface area contributed by atoms with Gasteiger partial charge in [-0.15, -0.1) is 0 Å². The quantitative estimate of drug-likeness (QED) is 0.797. The van der Waals surface area contributed by atoms with Gasteiger partial charge in [-0.05, 0) is 37.8 Å². The maximum absolute atomic E-state index is 9.95. The van der Waals surface area contributed by atoms with Gasteiger partial charge in [0.15, 0.2) is 0 Å². The van der Waals surface area contributed by atoms with E-state index < -0.39 is 12.2 Å². The van der Waals surface area contributed by atoms with Crippen molar-refractivity contribution in [1.82, 2.24) is 0 Å². The first-order valence-corrected chi connectivity index (χ1v) is 7.64. The highest BCUT2D eigenvalue weighted by Crippen LogP contribution is 2.38. The van der Waals surface area contributed by atoms with Gasteiger partial charge in [-0.25, -0.2) is 0 Å². The molecule has 1 rings (SSSR count). The van der Waals surface area contributed by atoms with Crippen molar-refractivity contribution in [3.8, 4) is 5.75 Å². The number of halogens is 2. The van der Waals surface area contributed by atoms with Crippen LogP contribution in [-0.4, -0.2) is 29.0 Å². The molecule has 2 N–H and O–H groups in total. The summed E-state index contributed by atoms with van der Waals surface area (Å²) in [6.45, 7) is 6.17.